The molecule has 0 atom stereocenters. The minimum absolute atomic E-state index is 0.106. The second-order valence-electron chi connectivity index (χ2n) is 4.89. The molecule has 1 aliphatic rings. The van der Waals surface area contributed by atoms with Crippen molar-refractivity contribution in [3.63, 3.8) is 0 Å². The van der Waals surface area contributed by atoms with Crippen LogP contribution < -0.4 is 5.73 Å². The minimum atomic E-state index is -0.424. The van der Waals surface area contributed by atoms with E-state index in [-0.39, 0.29) is 11.4 Å². The number of nitrogens with two attached hydrogens (primary N) is 1. The molecule has 1 aliphatic carbocycles. The second-order valence-corrected chi connectivity index (χ2v) is 6.09. The molecular weight excluding hydrogens is 345 g/mol. The Morgan fingerprint density at radius 1 is 1.35 bits per heavy atom. The molecule has 1 heterocycles. The summed E-state index contributed by atoms with van der Waals surface area (Å²) in [7, 11) is 0. The molecule has 0 bridgehead atoms. The van der Waals surface area contributed by atoms with Gasteiger partial charge in [0, 0.05) is 12.3 Å². The molecule has 1 aromatic carbocycles. The first kappa shape index (κ1) is 13.8. The first-order valence-corrected chi connectivity index (χ1v) is 7.48. The number of hydrogen-bond donors (Lipinski definition) is 1. The van der Waals surface area contributed by atoms with Gasteiger partial charge in [-0.1, -0.05) is 23.7 Å². The van der Waals surface area contributed by atoms with Crippen LogP contribution in [0.4, 0.5) is 10.2 Å². The highest BCUT2D eigenvalue weighted by Crippen LogP contribution is 2.43. The van der Waals surface area contributed by atoms with Gasteiger partial charge in [-0.05, 0) is 40.4 Å². The van der Waals surface area contributed by atoms with Crippen molar-refractivity contribution < 1.29 is 4.39 Å². The van der Waals surface area contributed by atoms with Crippen LogP contribution in [0.2, 0.25) is 5.02 Å². The molecule has 0 saturated heterocycles. The third-order valence-electron chi connectivity index (χ3n) is 3.29. The highest BCUT2D eigenvalue weighted by molar-refractivity contribution is 9.10. The van der Waals surface area contributed by atoms with Crippen molar-refractivity contribution in [3.05, 3.63) is 50.6 Å². The molecule has 0 unspecified atom stereocenters. The normalized spacial score (nSPS) is 14.6. The average Bonchev–Trinajstić information content (AvgIpc) is 3.23. The Morgan fingerprint density at radius 3 is 2.80 bits per heavy atom. The molecule has 3 nitrogen and oxygen atoms in total. The lowest BCUT2D eigenvalue weighted by Gasteiger charge is -2.09. The average molecular weight is 357 g/mol. The summed E-state index contributed by atoms with van der Waals surface area (Å²) in [6, 6.07) is 4.91. The largest absolute Gasteiger partial charge is 0.383 e. The molecule has 1 aromatic heterocycles. The van der Waals surface area contributed by atoms with Crippen LogP contribution in [0.3, 0.4) is 0 Å². The summed E-state index contributed by atoms with van der Waals surface area (Å²) >= 11 is 9.20. The van der Waals surface area contributed by atoms with Crippen LogP contribution in [0.25, 0.3) is 0 Å². The molecule has 0 spiro atoms. The van der Waals surface area contributed by atoms with E-state index in [2.05, 4.69) is 25.9 Å². The molecule has 0 amide bonds. The van der Waals surface area contributed by atoms with Crippen LogP contribution >= 0.6 is 27.5 Å². The maximum Gasteiger partial charge on any atom is 0.145 e. The van der Waals surface area contributed by atoms with Gasteiger partial charge in [-0.3, -0.25) is 0 Å². The lowest BCUT2D eigenvalue weighted by atomic mass is 10.1. The molecule has 0 radical (unpaired) electrons. The number of benzene rings is 1. The zero-order valence-corrected chi connectivity index (χ0v) is 12.9. The van der Waals surface area contributed by atoms with Crippen molar-refractivity contribution in [2.75, 3.05) is 5.73 Å². The van der Waals surface area contributed by atoms with Crippen molar-refractivity contribution in [2.24, 2.45) is 0 Å². The van der Waals surface area contributed by atoms with Gasteiger partial charge in [0.1, 0.15) is 17.5 Å². The fraction of sp³-hybridized carbons (Fsp3) is 0.286. The van der Waals surface area contributed by atoms with Crippen molar-refractivity contribution >= 4 is 33.3 Å². The maximum absolute atomic E-state index is 13.9. The molecule has 2 N–H and O–H groups in total. The zero-order valence-electron chi connectivity index (χ0n) is 10.5. The Labute approximate surface area is 129 Å². The molecule has 1 fully saturated rings. The third-order valence-corrected chi connectivity index (χ3v) is 4.40. The van der Waals surface area contributed by atoms with Crippen LogP contribution in [-0.2, 0) is 6.42 Å². The molecular formula is C14H12BrClFN3. The standard InChI is InChI=1S/C14H12BrClFN3/c15-11-13(7-4-5-7)19-10(20-14(11)18)6-8-2-1-3-9(16)12(8)17/h1-3,7H,4-6H2,(H2,18,19,20). The fourth-order valence-corrected chi connectivity index (χ4v) is 2.79. The van der Waals surface area contributed by atoms with E-state index in [1.165, 1.54) is 6.07 Å². The van der Waals surface area contributed by atoms with E-state index in [0.717, 1.165) is 23.0 Å². The van der Waals surface area contributed by atoms with Gasteiger partial charge in [0.2, 0.25) is 0 Å². The van der Waals surface area contributed by atoms with Crippen molar-refractivity contribution in [1.29, 1.82) is 0 Å². The van der Waals surface area contributed by atoms with E-state index in [4.69, 9.17) is 17.3 Å². The highest BCUT2D eigenvalue weighted by atomic mass is 79.9. The fourth-order valence-electron chi connectivity index (χ4n) is 2.09. The monoisotopic (exact) mass is 355 g/mol. The Morgan fingerprint density at radius 2 is 2.10 bits per heavy atom. The van der Waals surface area contributed by atoms with Gasteiger partial charge in [-0.25, -0.2) is 14.4 Å². The van der Waals surface area contributed by atoms with Gasteiger partial charge in [-0.2, -0.15) is 0 Å². The van der Waals surface area contributed by atoms with E-state index < -0.39 is 5.82 Å². The number of nitrogen functional groups attached to an aromatic ring is 1. The molecule has 0 aliphatic heterocycles. The van der Waals surface area contributed by atoms with Gasteiger partial charge in [-0.15, -0.1) is 0 Å². The SMILES string of the molecule is Nc1nc(Cc2cccc(Cl)c2F)nc(C2CC2)c1Br. The summed E-state index contributed by atoms with van der Waals surface area (Å²) in [4.78, 5) is 8.73. The summed E-state index contributed by atoms with van der Waals surface area (Å²) in [6.07, 6.45) is 2.50. The van der Waals surface area contributed by atoms with Gasteiger partial charge < -0.3 is 5.73 Å². The lowest BCUT2D eigenvalue weighted by Crippen LogP contribution is -2.06. The maximum atomic E-state index is 13.9. The second kappa shape index (κ2) is 5.30. The van der Waals surface area contributed by atoms with Crippen LogP contribution in [-0.4, -0.2) is 9.97 Å². The molecule has 2 aromatic rings. The van der Waals surface area contributed by atoms with Gasteiger partial charge in [0.05, 0.1) is 15.2 Å². The molecule has 20 heavy (non-hydrogen) atoms. The molecule has 1 saturated carbocycles. The van der Waals surface area contributed by atoms with Crippen molar-refractivity contribution in [1.82, 2.24) is 9.97 Å². The number of aromatic nitrogens is 2. The summed E-state index contributed by atoms with van der Waals surface area (Å²) in [5, 5.41) is 0.106. The number of halogens is 3. The van der Waals surface area contributed by atoms with E-state index >= 15 is 0 Å². The Kier molecular flexibility index (Phi) is 3.65. The van der Waals surface area contributed by atoms with Crippen molar-refractivity contribution in [3.8, 4) is 0 Å². The summed E-state index contributed by atoms with van der Waals surface area (Å²) in [6.45, 7) is 0. The highest BCUT2D eigenvalue weighted by Gasteiger charge is 2.29. The third kappa shape index (κ3) is 2.65. The van der Waals surface area contributed by atoms with Crippen LogP contribution in [0.1, 0.15) is 35.8 Å². The van der Waals surface area contributed by atoms with Crippen LogP contribution in [0.15, 0.2) is 22.7 Å². The van der Waals surface area contributed by atoms with Gasteiger partial charge >= 0.3 is 0 Å². The van der Waals surface area contributed by atoms with E-state index in [9.17, 15) is 4.39 Å². The molecule has 104 valence electrons. The van der Waals surface area contributed by atoms with Crippen LogP contribution in [0, 0.1) is 5.82 Å². The lowest BCUT2D eigenvalue weighted by molar-refractivity contribution is 0.612. The van der Waals surface area contributed by atoms with E-state index in [0.29, 0.717) is 23.1 Å². The number of anilines is 1. The topological polar surface area (TPSA) is 51.8 Å². The Hall–Kier alpha value is -1.20. The predicted molar refractivity (Wildman–Crippen MR) is 80.3 cm³/mol. The summed E-state index contributed by atoms with van der Waals surface area (Å²) in [5.74, 6) is 0.943. The smallest absolute Gasteiger partial charge is 0.145 e. The van der Waals surface area contributed by atoms with Gasteiger partial charge in [0.25, 0.3) is 0 Å². The Balaban J connectivity index is 1.96. The number of nitrogens with zero attached hydrogens (tertiary/aromatic N) is 2. The van der Waals surface area contributed by atoms with E-state index in [1.807, 2.05) is 0 Å². The number of hydrogen-bond acceptors (Lipinski definition) is 3. The first-order chi connectivity index (χ1) is 9.56. The van der Waals surface area contributed by atoms with E-state index in [1.54, 1.807) is 12.1 Å². The quantitative estimate of drug-likeness (QED) is 0.901. The summed E-state index contributed by atoms with van der Waals surface area (Å²) in [5.41, 5.74) is 7.29. The molecule has 6 heteroatoms. The van der Waals surface area contributed by atoms with Crippen molar-refractivity contribution in [2.45, 2.75) is 25.2 Å². The Bertz CT molecular complexity index is 674. The predicted octanol–water partition coefficient (Wildman–Crippen LogP) is 4.08. The first-order valence-electron chi connectivity index (χ1n) is 6.31. The minimum Gasteiger partial charge on any atom is -0.383 e. The zero-order chi connectivity index (χ0) is 14.3. The van der Waals surface area contributed by atoms with Crippen LogP contribution in [0.5, 0.6) is 0 Å². The van der Waals surface area contributed by atoms with Gasteiger partial charge in [0.15, 0.2) is 0 Å². The number of rotatable bonds is 3. The summed E-state index contributed by atoms with van der Waals surface area (Å²) < 4.78 is 14.7. The molecule has 3 rings (SSSR count).